The first-order valence-electron chi connectivity index (χ1n) is 7.21. The number of ether oxygens (including phenoxy) is 1. The summed E-state index contributed by atoms with van der Waals surface area (Å²) in [6, 6.07) is 2.66. The third kappa shape index (κ3) is 4.06. The highest BCUT2D eigenvalue weighted by atomic mass is 16.5. The third-order valence-corrected chi connectivity index (χ3v) is 3.91. The van der Waals surface area contributed by atoms with E-state index in [1.165, 1.54) is 31.4 Å². The monoisotopic (exact) mass is 266 g/mol. The zero-order valence-electron chi connectivity index (χ0n) is 12.4. The van der Waals surface area contributed by atoms with Crippen LogP contribution in [0.5, 0.6) is 0 Å². The minimum Gasteiger partial charge on any atom is -0.464 e. The Morgan fingerprint density at radius 1 is 1.47 bits per heavy atom. The van der Waals surface area contributed by atoms with Crippen molar-refractivity contribution in [2.75, 3.05) is 27.2 Å². The van der Waals surface area contributed by atoms with Gasteiger partial charge < -0.3 is 19.4 Å². The zero-order chi connectivity index (χ0) is 13.7. The summed E-state index contributed by atoms with van der Waals surface area (Å²) in [6.07, 6.45) is 3.89. The van der Waals surface area contributed by atoms with Crippen molar-refractivity contribution < 1.29 is 9.15 Å². The van der Waals surface area contributed by atoms with Crippen molar-refractivity contribution in [3.63, 3.8) is 0 Å². The molecular weight excluding hydrogens is 240 g/mol. The van der Waals surface area contributed by atoms with Gasteiger partial charge in [-0.25, -0.2) is 0 Å². The summed E-state index contributed by atoms with van der Waals surface area (Å²) in [5.41, 5.74) is 1.22. The van der Waals surface area contributed by atoms with Crippen LogP contribution in [0.2, 0.25) is 0 Å². The van der Waals surface area contributed by atoms with Crippen LogP contribution in [-0.2, 0) is 17.9 Å². The van der Waals surface area contributed by atoms with Crippen molar-refractivity contribution in [3.05, 3.63) is 23.2 Å². The summed E-state index contributed by atoms with van der Waals surface area (Å²) in [7, 11) is 4.14. The third-order valence-electron chi connectivity index (χ3n) is 3.91. The fourth-order valence-corrected chi connectivity index (χ4v) is 2.67. The summed E-state index contributed by atoms with van der Waals surface area (Å²) >= 11 is 0. The second kappa shape index (κ2) is 7.08. The maximum Gasteiger partial charge on any atom is 0.130 e. The van der Waals surface area contributed by atoms with E-state index < -0.39 is 0 Å². The van der Waals surface area contributed by atoms with Crippen molar-refractivity contribution >= 4 is 0 Å². The van der Waals surface area contributed by atoms with Crippen LogP contribution < -0.4 is 5.32 Å². The average Bonchev–Trinajstić information content (AvgIpc) is 2.73. The summed E-state index contributed by atoms with van der Waals surface area (Å²) in [4.78, 5) is 2.41. The van der Waals surface area contributed by atoms with Gasteiger partial charge in [-0.2, -0.15) is 0 Å². The largest absolute Gasteiger partial charge is 0.464 e. The second-order valence-corrected chi connectivity index (χ2v) is 5.47. The number of furan rings is 1. The molecule has 0 aromatic carbocycles. The SMILES string of the molecule is CNCc1cc(COCC2CCCCN2C)oc1C. The summed E-state index contributed by atoms with van der Waals surface area (Å²) in [5.74, 6) is 1.92. The first kappa shape index (κ1) is 14.6. The number of hydrogen-bond donors (Lipinski definition) is 1. The Kier molecular flexibility index (Phi) is 5.43. The molecule has 0 amide bonds. The van der Waals surface area contributed by atoms with Crippen LogP contribution >= 0.6 is 0 Å². The molecule has 0 radical (unpaired) electrons. The van der Waals surface area contributed by atoms with Crippen LogP contribution in [0.15, 0.2) is 10.5 Å². The molecule has 0 saturated carbocycles. The normalized spacial score (nSPS) is 20.9. The molecule has 1 atom stereocenters. The van der Waals surface area contributed by atoms with Crippen LogP contribution in [-0.4, -0.2) is 38.2 Å². The molecule has 0 bridgehead atoms. The molecule has 1 aliphatic heterocycles. The van der Waals surface area contributed by atoms with Crippen LogP contribution in [0.3, 0.4) is 0 Å². The van der Waals surface area contributed by atoms with Gasteiger partial charge in [0.2, 0.25) is 0 Å². The van der Waals surface area contributed by atoms with E-state index in [4.69, 9.17) is 9.15 Å². The fourth-order valence-electron chi connectivity index (χ4n) is 2.67. The molecule has 0 spiro atoms. The minimum absolute atomic E-state index is 0.571. The molecule has 1 aliphatic rings. The van der Waals surface area contributed by atoms with Gasteiger partial charge in [0.05, 0.1) is 6.61 Å². The Hall–Kier alpha value is -0.840. The van der Waals surface area contributed by atoms with Gasteiger partial charge in [0, 0.05) is 18.2 Å². The van der Waals surface area contributed by atoms with Gasteiger partial charge in [-0.05, 0) is 46.5 Å². The highest BCUT2D eigenvalue weighted by Gasteiger charge is 2.19. The topological polar surface area (TPSA) is 37.6 Å². The van der Waals surface area contributed by atoms with E-state index in [0.29, 0.717) is 12.6 Å². The van der Waals surface area contributed by atoms with Gasteiger partial charge in [0.1, 0.15) is 18.1 Å². The van der Waals surface area contributed by atoms with Gasteiger partial charge in [-0.15, -0.1) is 0 Å². The van der Waals surface area contributed by atoms with Gasteiger partial charge in [-0.3, -0.25) is 0 Å². The van der Waals surface area contributed by atoms with Crippen molar-refractivity contribution in [2.24, 2.45) is 0 Å². The number of likely N-dealkylation sites (N-methyl/N-ethyl adjacent to an activating group) is 1. The number of aryl methyl sites for hydroxylation is 1. The molecule has 2 heterocycles. The highest BCUT2D eigenvalue weighted by molar-refractivity contribution is 5.20. The lowest BCUT2D eigenvalue weighted by atomic mass is 10.0. The van der Waals surface area contributed by atoms with Gasteiger partial charge in [-0.1, -0.05) is 6.42 Å². The molecule has 1 aromatic rings. The van der Waals surface area contributed by atoms with E-state index in [0.717, 1.165) is 24.7 Å². The molecule has 4 heteroatoms. The summed E-state index contributed by atoms with van der Waals surface area (Å²) < 4.78 is 11.5. The molecule has 4 nitrogen and oxygen atoms in total. The van der Waals surface area contributed by atoms with Crippen LogP contribution in [0.25, 0.3) is 0 Å². The lowest BCUT2D eigenvalue weighted by Gasteiger charge is -2.32. The Balaban J connectivity index is 1.77. The maximum atomic E-state index is 5.82. The molecular formula is C15H26N2O2. The number of rotatable bonds is 6. The van der Waals surface area contributed by atoms with Crippen LogP contribution in [0.1, 0.15) is 36.3 Å². The first-order chi connectivity index (χ1) is 9.20. The number of nitrogens with one attached hydrogen (secondary N) is 1. The van der Waals surface area contributed by atoms with Crippen molar-refractivity contribution in [2.45, 2.75) is 45.4 Å². The van der Waals surface area contributed by atoms with Crippen LogP contribution in [0.4, 0.5) is 0 Å². The smallest absolute Gasteiger partial charge is 0.130 e. The molecule has 1 fully saturated rings. The predicted molar refractivity (Wildman–Crippen MR) is 76.1 cm³/mol. The van der Waals surface area contributed by atoms with E-state index in [9.17, 15) is 0 Å². The van der Waals surface area contributed by atoms with Crippen molar-refractivity contribution in [3.8, 4) is 0 Å². The van der Waals surface area contributed by atoms with Gasteiger partial charge >= 0.3 is 0 Å². The van der Waals surface area contributed by atoms with Gasteiger partial charge in [0.15, 0.2) is 0 Å². The predicted octanol–water partition coefficient (Wildman–Crippen LogP) is 2.31. The second-order valence-electron chi connectivity index (χ2n) is 5.47. The minimum atomic E-state index is 0.571. The zero-order valence-corrected chi connectivity index (χ0v) is 12.4. The summed E-state index contributed by atoms with van der Waals surface area (Å²) in [5, 5.41) is 3.14. The quantitative estimate of drug-likeness (QED) is 0.857. The van der Waals surface area contributed by atoms with E-state index in [1.807, 2.05) is 14.0 Å². The molecule has 108 valence electrons. The Bertz CT molecular complexity index is 389. The Labute approximate surface area is 116 Å². The highest BCUT2D eigenvalue weighted by Crippen LogP contribution is 2.18. The van der Waals surface area contributed by atoms with Gasteiger partial charge in [0.25, 0.3) is 0 Å². The van der Waals surface area contributed by atoms with Crippen LogP contribution in [0, 0.1) is 6.92 Å². The molecule has 19 heavy (non-hydrogen) atoms. The molecule has 1 saturated heterocycles. The molecule has 0 aliphatic carbocycles. The van der Waals surface area contributed by atoms with Crippen molar-refractivity contribution in [1.29, 1.82) is 0 Å². The Morgan fingerprint density at radius 2 is 2.32 bits per heavy atom. The standard InChI is InChI=1S/C15H26N2O2/c1-12-13(9-16-2)8-15(19-12)11-18-10-14-6-4-5-7-17(14)3/h8,14,16H,4-7,9-11H2,1-3H3. The van der Waals surface area contributed by atoms with E-state index in [2.05, 4.69) is 23.3 Å². The van der Waals surface area contributed by atoms with E-state index in [-0.39, 0.29) is 0 Å². The van der Waals surface area contributed by atoms with E-state index in [1.54, 1.807) is 0 Å². The lowest BCUT2D eigenvalue weighted by molar-refractivity contribution is 0.0372. The molecule has 1 N–H and O–H groups in total. The van der Waals surface area contributed by atoms with E-state index >= 15 is 0 Å². The maximum absolute atomic E-state index is 5.82. The lowest BCUT2D eigenvalue weighted by Crippen LogP contribution is -2.39. The molecule has 1 unspecified atom stereocenters. The number of nitrogens with zero attached hydrogens (tertiary/aromatic N) is 1. The number of hydrogen-bond acceptors (Lipinski definition) is 4. The number of piperidine rings is 1. The first-order valence-corrected chi connectivity index (χ1v) is 7.21. The fraction of sp³-hybridized carbons (Fsp3) is 0.733. The molecule has 2 rings (SSSR count). The Morgan fingerprint density at radius 3 is 3.05 bits per heavy atom. The molecule has 1 aromatic heterocycles. The average molecular weight is 266 g/mol. The van der Waals surface area contributed by atoms with Crippen molar-refractivity contribution in [1.82, 2.24) is 10.2 Å². The summed E-state index contributed by atoms with van der Waals surface area (Å²) in [6.45, 7) is 5.43. The number of likely N-dealkylation sites (tertiary alicyclic amines) is 1.